The van der Waals surface area contributed by atoms with E-state index in [-0.39, 0.29) is 5.95 Å². The molecule has 0 radical (unpaired) electrons. The van der Waals surface area contributed by atoms with Crippen molar-refractivity contribution in [2.24, 2.45) is 5.73 Å². The van der Waals surface area contributed by atoms with Crippen LogP contribution in [0, 0.1) is 0 Å². The summed E-state index contributed by atoms with van der Waals surface area (Å²) in [5.41, 5.74) is 7.33. The van der Waals surface area contributed by atoms with Crippen LogP contribution in [-0.2, 0) is 9.53 Å². The van der Waals surface area contributed by atoms with Gasteiger partial charge in [0.05, 0.1) is 12.3 Å². The van der Waals surface area contributed by atoms with Crippen molar-refractivity contribution in [3.8, 4) is 5.75 Å². The number of carbonyl (C=O) groups is 1. The molecule has 1 amide bonds. The van der Waals surface area contributed by atoms with E-state index in [1.165, 1.54) is 16.8 Å². The molecule has 0 atom stereocenters. The fraction of sp³-hybridized carbons (Fsp3) is 0.143. The molecule has 1 aromatic heterocycles. The van der Waals surface area contributed by atoms with Crippen molar-refractivity contribution >= 4 is 47.0 Å². The van der Waals surface area contributed by atoms with Crippen molar-refractivity contribution in [3.63, 3.8) is 0 Å². The van der Waals surface area contributed by atoms with Crippen LogP contribution >= 0.6 is 11.8 Å². The lowest BCUT2D eigenvalue weighted by Crippen LogP contribution is -2.09. The van der Waals surface area contributed by atoms with Gasteiger partial charge in [0.25, 0.3) is 0 Å². The summed E-state index contributed by atoms with van der Waals surface area (Å²) in [5, 5.41) is 3.10. The van der Waals surface area contributed by atoms with Crippen LogP contribution in [0.25, 0.3) is 6.08 Å². The Morgan fingerprint density at radius 2 is 1.87 bits per heavy atom. The Kier molecular flexibility index (Phi) is 7.74. The molecule has 0 aliphatic heterocycles. The standard InChI is InChI=1S/C21H21ClN6O3/c1-30-12-13-31-18-9-5-16(6-10-18)26-20-24-14-25-21(27-20)28(22)17-7-2-15(3-8-17)4-11-19(23)29/h2-11,14H,12-13H2,1H3,(H2,23,29)(H,24,25,26,27)/b11-4+. The molecule has 2 aromatic carbocycles. The van der Waals surface area contributed by atoms with Gasteiger partial charge in [0.1, 0.15) is 18.7 Å². The number of benzene rings is 2. The van der Waals surface area contributed by atoms with E-state index in [1.807, 2.05) is 24.3 Å². The van der Waals surface area contributed by atoms with Gasteiger partial charge in [0.15, 0.2) is 0 Å². The molecule has 0 saturated heterocycles. The van der Waals surface area contributed by atoms with Gasteiger partial charge in [0.2, 0.25) is 17.8 Å². The summed E-state index contributed by atoms with van der Waals surface area (Å²) in [7, 11) is 1.63. The van der Waals surface area contributed by atoms with Crippen LogP contribution in [-0.4, -0.2) is 41.2 Å². The molecule has 0 aliphatic rings. The second-order valence-corrected chi connectivity index (χ2v) is 6.55. The Labute approximate surface area is 184 Å². The molecule has 0 fully saturated rings. The van der Waals surface area contributed by atoms with E-state index < -0.39 is 5.91 Å². The molecule has 3 aromatic rings. The number of nitrogens with one attached hydrogen (secondary N) is 1. The van der Waals surface area contributed by atoms with Gasteiger partial charge in [-0.25, -0.2) is 9.40 Å². The number of hydrogen-bond donors (Lipinski definition) is 2. The Morgan fingerprint density at radius 3 is 2.55 bits per heavy atom. The zero-order valence-electron chi connectivity index (χ0n) is 16.7. The average molecular weight is 441 g/mol. The Bertz CT molecular complexity index is 1030. The summed E-state index contributed by atoms with van der Waals surface area (Å²) < 4.78 is 11.8. The van der Waals surface area contributed by atoms with E-state index in [4.69, 9.17) is 27.0 Å². The van der Waals surface area contributed by atoms with E-state index in [0.29, 0.717) is 24.8 Å². The quantitative estimate of drug-likeness (QED) is 0.280. The number of rotatable bonds is 10. The largest absolute Gasteiger partial charge is 0.491 e. The van der Waals surface area contributed by atoms with Crippen molar-refractivity contribution in [1.29, 1.82) is 0 Å². The van der Waals surface area contributed by atoms with E-state index in [0.717, 1.165) is 17.0 Å². The molecule has 3 N–H and O–H groups in total. The highest BCUT2D eigenvalue weighted by molar-refractivity contribution is 6.28. The highest BCUT2D eigenvalue weighted by Gasteiger charge is 2.11. The number of carbonyl (C=O) groups excluding carboxylic acids is 1. The Morgan fingerprint density at radius 1 is 1.13 bits per heavy atom. The van der Waals surface area contributed by atoms with Gasteiger partial charge in [-0.2, -0.15) is 9.97 Å². The van der Waals surface area contributed by atoms with Gasteiger partial charge in [-0.3, -0.25) is 4.79 Å². The molecular weight excluding hydrogens is 420 g/mol. The summed E-state index contributed by atoms with van der Waals surface area (Å²) in [5.74, 6) is 0.810. The lowest BCUT2D eigenvalue weighted by Gasteiger charge is -2.14. The highest BCUT2D eigenvalue weighted by Crippen LogP contribution is 2.26. The molecule has 0 bridgehead atoms. The molecule has 31 heavy (non-hydrogen) atoms. The molecule has 160 valence electrons. The fourth-order valence-electron chi connectivity index (χ4n) is 2.46. The maximum Gasteiger partial charge on any atom is 0.249 e. The van der Waals surface area contributed by atoms with Crippen LogP contribution in [0.4, 0.5) is 23.3 Å². The van der Waals surface area contributed by atoms with Crippen LogP contribution in [0.1, 0.15) is 5.56 Å². The summed E-state index contributed by atoms with van der Waals surface area (Å²) in [6.07, 6.45) is 4.27. The SMILES string of the molecule is COCCOc1ccc(Nc2ncnc(N(Cl)c3ccc(/C=C/C(N)=O)cc3)n2)cc1. The first-order chi connectivity index (χ1) is 15.0. The molecule has 1 heterocycles. The van der Waals surface area contributed by atoms with Crippen molar-refractivity contribution in [3.05, 3.63) is 66.5 Å². The van der Waals surface area contributed by atoms with Crippen LogP contribution in [0.3, 0.4) is 0 Å². The van der Waals surface area contributed by atoms with Gasteiger partial charge in [-0.15, -0.1) is 0 Å². The van der Waals surface area contributed by atoms with E-state index in [9.17, 15) is 4.79 Å². The average Bonchev–Trinajstić information content (AvgIpc) is 2.79. The fourth-order valence-corrected chi connectivity index (χ4v) is 2.65. The number of nitrogens with zero attached hydrogens (tertiary/aromatic N) is 4. The number of methoxy groups -OCH3 is 1. The second-order valence-electron chi connectivity index (χ2n) is 6.21. The number of ether oxygens (including phenoxy) is 2. The van der Waals surface area contributed by atoms with Crippen LogP contribution in [0.2, 0.25) is 0 Å². The topological polar surface area (TPSA) is 115 Å². The third kappa shape index (κ3) is 6.66. The maximum absolute atomic E-state index is 10.8. The first kappa shape index (κ1) is 22.0. The molecule has 9 nitrogen and oxygen atoms in total. The molecular formula is C21H21ClN6O3. The van der Waals surface area contributed by atoms with Crippen LogP contribution < -0.4 is 20.2 Å². The predicted molar refractivity (Wildman–Crippen MR) is 120 cm³/mol. The predicted octanol–water partition coefficient (Wildman–Crippen LogP) is 3.43. The van der Waals surface area contributed by atoms with E-state index in [1.54, 1.807) is 37.5 Å². The van der Waals surface area contributed by atoms with Gasteiger partial charge in [0, 0.05) is 30.6 Å². The molecule has 0 saturated carbocycles. The summed E-state index contributed by atoms with van der Waals surface area (Å²) in [4.78, 5) is 23.4. The number of amides is 1. The lowest BCUT2D eigenvalue weighted by molar-refractivity contribution is -0.113. The number of aromatic nitrogens is 3. The third-order valence-electron chi connectivity index (χ3n) is 3.96. The summed E-state index contributed by atoms with van der Waals surface area (Å²) in [6.45, 7) is 1.00. The number of anilines is 4. The maximum atomic E-state index is 10.8. The molecule has 0 spiro atoms. The Hall–Kier alpha value is -3.69. The van der Waals surface area contributed by atoms with Gasteiger partial charge in [-0.05, 0) is 48.0 Å². The van der Waals surface area contributed by atoms with E-state index >= 15 is 0 Å². The summed E-state index contributed by atoms with van der Waals surface area (Å²) in [6, 6.07) is 14.5. The summed E-state index contributed by atoms with van der Waals surface area (Å²) >= 11 is 6.40. The van der Waals surface area contributed by atoms with Crippen LogP contribution in [0.15, 0.2) is 60.9 Å². The van der Waals surface area contributed by atoms with Crippen molar-refractivity contribution < 1.29 is 14.3 Å². The Balaban J connectivity index is 1.66. The third-order valence-corrected chi connectivity index (χ3v) is 4.31. The number of nitrogens with two attached hydrogens (primary N) is 1. The second kappa shape index (κ2) is 10.9. The number of halogens is 1. The molecule has 3 rings (SSSR count). The first-order valence-electron chi connectivity index (χ1n) is 9.26. The van der Waals surface area contributed by atoms with Gasteiger partial charge >= 0.3 is 0 Å². The molecule has 0 aliphatic carbocycles. The minimum Gasteiger partial charge on any atom is -0.491 e. The minimum absolute atomic E-state index is 0.249. The smallest absolute Gasteiger partial charge is 0.249 e. The zero-order chi connectivity index (χ0) is 22.1. The normalized spacial score (nSPS) is 10.8. The minimum atomic E-state index is -0.512. The lowest BCUT2D eigenvalue weighted by atomic mass is 10.2. The van der Waals surface area contributed by atoms with E-state index in [2.05, 4.69) is 20.3 Å². The monoisotopic (exact) mass is 440 g/mol. The zero-order valence-corrected chi connectivity index (χ0v) is 17.5. The molecule has 10 heteroatoms. The first-order valence-corrected chi connectivity index (χ1v) is 9.60. The van der Waals surface area contributed by atoms with Crippen molar-refractivity contribution in [2.45, 2.75) is 0 Å². The highest BCUT2D eigenvalue weighted by atomic mass is 35.5. The number of primary amides is 1. The molecule has 0 unspecified atom stereocenters. The van der Waals surface area contributed by atoms with Crippen LogP contribution in [0.5, 0.6) is 5.75 Å². The number of hydrogen-bond acceptors (Lipinski definition) is 8. The van der Waals surface area contributed by atoms with Gasteiger partial charge in [-0.1, -0.05) is 12.1 Å². The van der Waals surface area contributed by atoms with Crippen molar-refractivity contribution in [1.82, 2.24) is 15.0 Å². The van der Waals surface area contributed by atoms with Gasteiger partial charge < -0.3 is 20.5 Å². The van der Waals surface area contributed by atoms with Crippen molar-refractivity contribution in [2.75, 3.05) is 30.1 Å².